The molecule has 1 N–H and O–H groups in total. The van der Waals surface area contributed by atoms with E-state index in [1.54, 1.807) is 21.3 Å². The van der Waals surface area contributed by atoms with Crippen molar-refractivity contribution in [3.05, 3.63) is 53.6 Å². The van der Waals surface area contributed by atoms with Crippen LogP contribution in [0.3, 0.4) is 0 Å². The topological polar surface area (TPSA) is 55.3 Å². The van der Waals surface area contributed by atoms with Gasteiger partial charge in [-0.3, -0.25) is 0 Å². The largest absolute Gasteiger partial charge is 0.493 e. The Balaban J connectivity index is 0.00000392. The van der Waals surface area contributed by atoms with Gasteiger partial charge in [0, 0.05) is 20.1 Å². The van der Waals surface area contributed by atoms with Crippen LogP contribution in [0.2, 0.25) is 0 Å². The van der Waals surface area contributed by atoms with E-state index in [-0.39, 0.29) is 24.0 Å². The molecule has 0 heterocycles. The van der Waals surface area contributed by atoms with Gasteiger partial charge in [-0.2, -0.15) is 0 Å². The van der Waals surface area contributed by atoms with Crippen LogP contribution in [0.4, 0.5) is 0 Å². The predicted octanol–water partition coefficient (Wildman–Crippen LogP) is 3.93. The van der Waals surface area contributed by atoms with Crippen LogP contribution in [-0.2, 0) is 13.1 Å². The summed E-state index contributed by atoms with van der Waals surface area (Å²) in [5, 5.41) is 3.34. The van der Waals surface area contributed by atoms with E-state index in [1.165, 1.54) is 5.56 Å². The van der Waals surface area contributed by atoms with Crippen LogP contribution in [0.1, 0.15) is 18.1 Å². The molecule has 6 nitrogen and oxygen atoms in total. The van der Waals surface area contributed by atoms with Gasteiger partial charge in [0.1, 0.15) is 0 Å². The number of rotatable bonds is 8. The molecule has 0 aliphatic heterocycles. The van der Waals surface area contributed by atoms with Crippen molar-refractivity contribution in [3.63, 3.8) is 0 Å². The maximum absolute atomic E-state index is 5.42. The number of methoxy groups -OCH3 is 3. The summed E-state index contributed by atoms with van der Waals surface area (Å²) in [7, 11) is 6.85. The van der Waals surface area contributed by atoms with Crippen molar-refractivity contribution in [1.82, 2.24) is 10.2 Å². The number of halogens is 1. The Morgan fingerprint density at radius 1 is 0.964 bits per heavy atom. The number of hydrogen-bond donors (Lipinski definition) is 1. The van der Waals surface area contributed by atoms with Gasteiger partial charge in [0.25, 0.3) is 0 Å². The smallest absolute Gasteiger partial charge is 0.203 e. The number of aliphatic imine (C=N–C) groups is 1. The lowest BCUT2D eigenvalue weighted by Crippen LogP contribution is -2.38. The molecule has 0 saturated carbocycles. The molecule has 0 bridgehead atoms. The molecule has 2 aromatic carbocycles. The first-order chi connectivity index (χ1) is 13.1. The minimum Gasteiger partial charge on any atom is -0.493 e. The standard InChI is InChI=1S/C21H29N3O3.HI/c1-6-22-21(24(2)15-16-10-8-7-9-11-16)23-14-17-12-18(25-3)20(27-5)19(13-17)26-4;/h7-13H,6,14-15H2,1-5H3,(H,22,23);1H. The Hall–Kier alpha value is -2.16. The monoisotopic (exact) mass is 499 g/mol. The number of hydrogen-bond acceptors (Lipinski definition) is 4. The second-order valence-corrected chi connectivity index (χ2v) is 6.05. The molecule has 0 atom stereocenters. The fraction of sp³-hybridized carbons (Fsp3) is 0.381. The van der Waals surface area contributed by atoms with Crippen molar-refractivity contribution in [3.8, 4) is 17.2 Å². The summed E-state index contributed by atoms with van der Waals surface area (Å²) < 4.78 is 16.2. The zero-order chi connectivity index (χ0) is 19.6. The Kier molecular flexibility index (Phi) is 10.5. The van der Waals surface area contributed by atoms with E-state index in [9.17, 15) is 0 Å². The van der Waals surface area contributed by atoms with E-state index in [1.807, 2.05) is 37.4 Å². The molecule has 0 saturated heterocycles. The summed E-state index contributed by atoms with van der Waals surface area (Å²) in [6.45, 7) is 4.14. The average molecular weight is 499 g/mol. The second kappa shape index (κ2) is 12.3. The molecule has 0 fully saturated rings. The summed E-state index contributed by atoms with van der Waals surface area (Å²) in [4.78, 5) is 6.87. The van der Waals surface area contributed by atoms with Gasteiger partial charge in [-0.15, -0.1) is 24.0 Å². The quantitative estimate of drug-likeness (QED) is 0.339. The Bertz CT molecular complexity index is 729. The number of nitrogens with one attached hydrogen (secondary N) is 1. The fourth-order valence-corrected chi connectivity index (χ4v) is 2.79. The maximum Gasteiger partial charge on any atom is 0.203 e. The number of guanidine groups is 1. The number of benzene rings is 2. The molecule has 2 rings (SSSR count). The van der Waals surface area contributed by atoms with Crippen LogP contribution in [0, 0.1) is 0 Å². The highest BCUT2D eigenvalue weighted by atomic mass is 127. The van der Waals surface area contributed by atoms with Crippen LogP contribution >= 0.6 is 24.0 Å². The number of nitrogens with zero attached hydrogens (tertiary/aromatic N) is 2. The van der Waals surface area contributed by atoms with Crippen LogP contribution in [-0.4, -0.2) is 45.8 Å². The van der Waals surface area contributed by atoms with Crippen LogP contribution in [0.5, 0.6) is 17.2 Å². The first-order valence-corrected chi connectivity index (χ1v) is 8.95. The van der Waals surface area contributed by atoms with Crippen molar-refractivity contribution < 1.29 is 14.2 Å². The molecule has 0 amide bonds. The lowest BCUT2D eigenvalue weighted by molar-refractivity contribution is 0.324. The highest BCUT2D eigenvalue weighted by Gasteiger charge is 2.13. The van der Waals surface area contributed by atoms with Gasteiger partial charge in [0.05, 0.1) is 27.9 Å². The van der Waals surface area contributed by atoms with Gasteiger partial charge in [0.15, 0.2) is 17.5 Å². The molecule has 0 aromatic heterocycles. The summed E-state index contributed by atoms with van der Waals surface area (Å²) in [5.74, 6) is 2.69. The average Bonchev–Trinajstić information content (AvgIpc) is 2.70. The minimum atomic E-state index is 0. The van der Waals surface area contributed by atoms with Crippen LogP contribution in [0.25, 0.3) is 0 Å². The molecule has 2 aromatic rings. The third kappa shape index (κ3) is 6.47. The van der Waals surface area contributed by atoms with Gasteiger partial charge >= 0.3 is 0 Å². The molecule has 0 aliphatic rings. The summed E-state index contributed by atoms with van der Waals surface area (Å²) in [5.41, 5.74) is 2.21. The molecule has 0 radical (unpaired) electrons. The van der Waals surface area contributed by atoms with Gasteiger partial charge in [-0.1, -0.05) is 30.3 Å². The minimum absolute atomic E-state index is 0. The molecular weight excluding hydrogens is 469 g/mol. The van der Waals surface area contributed by atoms with Crippen molar-refractivity contribution in [1.29, 1.82) is 0 Å². The van der Waals surface area contributed by atoms with Crippen molar-refractivity contribution >= 4 is 29.9 Å². The molecule has 28 heavy (non-hydrogen) atoms. The number of ether oxygens (including phenoxy) is 3. The molecule has 0 unspecified atom stereocenters. The summed E-state index contributed by atoms with van der Waals surface area (Å²) in [6, 6.07) is 14.2. The highest BCUT2D eigenvalue weighted by Crippen LogP contribution is 2.38. The van der Waals surface area contributed by atoms with Crippen molar-refractivity contribution in [2.45, 2.75) is 20.0 Å². The fourth-order valence-electron chi connectivity index (χ4n) is 2.79. The Morgan fingerprint density at radius 3 is 2.07 bits per heavy atom. The summed E-state index contributed by atoms with van der Waals surface area (Å²) >= 11 is 0. The van der Waals surface area contributed by atoms with E-state index in [0.29, 0.717) is 23.8 Å². The van der Waals surface area contributed by atoms with E-state index >= 15 is 0 Å². The van der Waals surface area contributed by atoms with Crippen LogP contribution < -0.4 is 19.5 Å². The van der Waals surface area contributed by atoms with E-state index in [4.69, 9.17) is 19.2 Å². The normalized spacial score (nSPS) is 10.7. The second-order valence-electron chi connectivity index (χ2n) is 6.05. The zero-order valence-corrected chi connectivity index (χ0v) is 19.5. The predicted molar refractivity (Wildman–Crippen MR) is 124 cm³/mol. The van der Waals surface area contributed by atoms with Gasteiger partial charge in [0.2, 0.25) is 5.75 Å². The molecular formula is C21H30IN3O3. The third-order valence-corrected chi connectivity index (χ3v) is 4.09. The van der Waals surface area contributed by atoms with Crippen molar-refractivity contribution in [2.24, 2.45) is 4.99 Å². The SMILES string of the molecule is CCNC(=NCc1cc(OC)c(OC)c(OC)c1)N(C)Cc1ccccc1.I. The third-order valence-electron chi connectivity index (χ3n) is 4.09. The molecule has 0 spiro atoms. The van der Waals surface area contributed by atoms with E-state index in [0.717, 1.165) is 24.6 Å². The van der Waals surface area contributed by atoms with Gasteiger partial charge in [-0.25, -0.2) is 4.99 Å². The van der Waals surface area contributed by atoms with E-state index < -0.39 is 0 Å². The Morgan fingerprint density at radius 2 is 1.57 bits per heavy atom. The maximum atomic E-state index is 5.42. The Labute approximate surface area is 184 Å². The van der Waals surface area contributed by atoms with Crippen molar-refractivity contribution in [2.75, 3.05) is 34.9 Å². The zero-order valence-electron chi connectivity index (χ0n) is 17.2. The lowest BCUT2D eigenvalue weighted by Gasteiger charge is -2.22. The first-order valence-electron chi connectivity index (χ1n) is 8.95. The molecule has 7 heteroatoms. The molecule has 154 valence electrons. The lowest BCUT2D eigenvalue weighted by atomic mass is 10.2. The van der Waals surface area contributed by atoms with Crippen LogP contribution in [0.15, 0.2) is 47.5 Å². The highest BCUT2D eigenvalue weighted by molar-refractivity contribution is 14.0. The van der Waals surface area contributed by atoms with Gasteiger partial charge < -0.3 is 24.4 Å². The first kappa shape index (κ1) is 23.9. The van der Waals surface area contributed by atoms with E-state index in [2.05, 4.69) is 29.3 Å². The summed E-state index contributed by atoms with van der Waals surface area (Å²) in [6.07, 6.45) is 0. The molecule has 0 aliphatic carbocycles. The van der Waals surface area contributed by atoms with Gasteiger partial charge in [-0.05, 0) is 30.2 Å².